The molecule has 7 heteroatoms. The maximum atomic E-state index is 13.6. The number of rotatable bonds is 3. The van der Waals surface area contributed by atoms with Crippen LogP contribution in [-0.4, -0.2) is 17.1 Å². The number of nitrogens with two attached hydrogens (primary N) is 1. The molecule has 1 aromatic heterocycles. The zero-order valence-corrected chi connectivity index (χ0v) is 11.0. The van der Waals surface area contributed by atoms with E-state index in [4.69, 9.17) is 10.5 Å². The van der Waals surface area contributed by atoms with Gasteiger partial charge in [0.05, 0.1) is 12.8 Å². The Balaban J connectivity index is 2.40. The second kappa shape index (κ2) is 5.18. The third-order valence-corrected chi connectivity index (χ3v) is 2.71. The third-order valence-electron chi connectivity index (χ3n) is 2.22. The number of ether oxygens (including phenoxy) is 1. The third kappa shape index (κ3) is 2.51. The Hall–Kier alpha value is -1.89. The van der Waals surface area contributed by atoms with Gasteiger partial charge in [0.1, 0.15) is 12.1 Å². The standard InChI is InChI=1S/C11H10BrFN4O/c1-18-9-10(14)15-5-16-11(9)17-8-4-6(12)2-3-7(8)13/h2-5H,1H3,(H3,14,15,16,17). The van der Waals surface area contributed by atoms with Crippen molar-refractivity contribution in [2.24, 2.45) is 0 Å². The minimum Gasteiger partial charge on any atom is -0.490 e. The molecule has 0 aliphatic rings. The number of methoxy groups -OCH3 is 1. The molecule has 0 saturated heterocycles. The molecule has 2 rings (SSSR count). The Labute approximate surface area is 111 Å². The van der Waals surface area contributed by atoms with Crippen LogP contribution in [0.15, 0.2) is 29.0 Å². The van der Waals surface area contributed by atoms with Crippen LogP contribution in [0.4, 0.5) is 21.7 Å². The lowest BCUT2D eigenvalue weighted by atomic mass is 10.3. The SMILES string of the molecule is COc1c(N)ncnc1Nc1cc(Br)ccc1F. The van der Waals surface area contributed by atoms with Crippen LogP contribution < -0.4 is 15.8 Å². The van der Waals surface area contributed by atoms with Gasteiger partial charge in [-0.3, -0.25) is 0 Å². The minimum atomic E-state index is -0.405. The molecule has 0 amide bonds. The van der Waals surface area contributed by atoms with Gasteiger partial charge in [-0.1, -0.05) is 15.9 Å². The molecule has 0 unspecified atom stereocenters. The van der Waals surface area contributed by atoms with Crippen molar-refractivity contribution in [3.8, 4) is 5.75 Å². The Bertz CT molecular complexity index is 579. The first-order chi connectivity index (χ1) is 8.61. The normalized spacial score (nSPS) is 10.2. The maximum Gasteiger partial charge on any atom is 0.204 e. The smallest absolute Gasteiger partial charge is 0.204 e. The Kier molecular flexibility index (Phi) is 3.61. The number of nitrogens with one attached hydrogen (secondary N) is 1. The summed E-state index contributed by atoms with van der Waals surface area (Å²) in [5.74, 6) is 0.363. The van der Waals surface area contributed by atoms with Crippen molar-refractivity contribution >= 4 is 33.3 Å². The van der Waals surface area contributed by atoms with Gasteiger partial charge in [0.25, 0.3) is 0 Å². The van der Waals surface area contributed by atoms with E-state index in [0.29, 0.717) is 5.82 Å². The number of nitrogens with zero attached hydrogens (tertiary/aromatic N) is 2. The van der Waals surface area contributed by atoms with Gasteiger partial charge >= 0.3 is 0 Å². The monoisotopic (exact) mass is 312 g/mol. The van der Waals surface area contributed by atoms with E-state index < -0.39 is 5.82 Å². The first-order valence-corrected chi connectivity index (χ1v) is 5.77. The fourth-order valence-corrected chi connectivity index (χ4v) is 1.76. The Morgan fingerprint density at radius 3 is 2.89 bits per heavy atom. The van der Waals surface area contributed by atoms with Crippen LogP contribution in [-0.2, 0) is 0 Å². The topological polar surface area (TPSA) is 73.1 Å². The van der Waals surface area contributed by atoms with Crippen molar-refractivity contribution in [1.29, 1.82) is 0 Å². The van der Waals surface area contributed by atoms with Crippen LogP contribution >= 0.6 is 15.9 Å². The van der Waals surface area contributed by atoms with E-state index >= 15 is 0 Å². The zero-order chi connectivity index (χ0) is 13.1. The van der Waals surface area contributed by atoms with Crippen LogP contribution in [0.1, 0.15) is 0 Å². The van der Waals surface area contributed by atoms with Crippen molar-refractivity contribution in [1.82, 2.24) is 9.97 Å². The number of benzene rings is 1. The molecule has 18 heavy (non-hydrogen) atoms. The van der Waals surface area contributed by atoms with Gasteiger partial charge in [-0.05, 0) is 18.2 Å². The van der Waals surface area contributed by atoms with E-state index in [1.807, 2.05) is 0 Å². The van der Waals surface area contributed by atoms with Crippen LogP contribution in [0, 0.1) is 5.82 Å². The summed E-state index contributed by atoms with van der Waals surface area (Å²) < 4.78 is 19.4. The highest BCUT2D eigenvalue weighted by molar-refractivity contribution is 9.10. The van der Waals surface area contributed by atoms with Gasteiger partial charge in [-0.15, -0.1) is 0 Å². The summed E-state index contributed by atoms with van der Waals surface area (Å²) in [6.45, 7) is 0. The van der Waals surface area contributed by atoms with Crippen molar-refractivity contribution in [2.45, 2.75) is 0 Å². The maximum absolute atomic E-state index is 13.6. The van der Waals surface area contributed by atoms with E-state index in [9.17, 15) is 4.39 Å². The van der Waals surface area contributed by atoms with E-state index in [-0.39, 0.29) is 17.3 Å². The predicted octanol–water partition coefficient (Wildman–Crippen LogP) is 2.71. The first kappa shape index (κ1) is 12.6. The molecule has 0 spiro atoms. The number of aromatic nitrogens is 2. The number of halogens is 2. The molecule has 1 aromatic carbocycles. The molecular weight excluding hydrogens is 303 g/mol. The molecular formula is C11H10BrFN4O. The number of hydrogen-bond acceptors (Lipinski definition) is 5. The number of anilines is 3. The highest BCUT2D eigenvalue weighted by Crippen LogP contribution is 2.30. The van der Waals surface area contributed by atoms with E-state index in [1.54, 1.807) is 12.1 Å². The largest absolute Gasteiger partial charge is 0.490 e. The molecule has 1 heterocycles. The van der Waals surface area contributed by atoms with Gasteiger partial charge in [-0.2, -0.15) is 0 Å². The quantitative estimate of drug-likeness (QED) is 0.911. The van der Waals surface area contributed by atoms with Gasteiger partial charge in [0.2, 0.25) is 5.75 Å². The molecule has 0 aliphatic carbocycles. The van der Waals surface area contributed by atoms with E-state index in [0.717, 1.165) is 4.47 Å². The molecule has 3 N–H and O–H groups in total. The van der Waals surface area contributed by atoms with Crippen LogP contribution in [0.3, 0.4) is 0 Å². The molecule has 0 saturated carbocycles. The van der Waals surface area contributed by atoms with Gasteiger partial charge in [-0.25, -0.2) is 14.4 Å². The van der Waals surface area contributed by atoms with Crippen molar-refractivity contribution in [2.75, 3.05) is 18.2 Å². The van der Waals surface area contributed by atoms with Crippen molar-refractivity contribution < 1.29 is 9.13 Å². The molecule has 0 aliphatic heterocycles. The summed E-state index contributed by atoms with van der Waals surface area (Å²) in [5.41, 5.74) is 5.90. The van der Waals surface area contributed by atoms with Gasteiger partial charge in [0, 0.05) is 4.47 Å². The second-order valence-electron chi connectivity index (χ2n) is 3.39. The summed E-state index contributed by atoms with van der Waals surface area (Å²) in [7, 11) is 1.44. The zero-order valence-electron chi connectivity index (χ0n) is 9.45. The molecule has 0 fully saturated rings. The average molecular weight is 313 g/mol. The molecule has 0 atom stereocenters. The molecule has 94 valence electrons. The molecule has 0 radical (unpaired) electrons. The highest BCUT2D eigenvalue weighted by Gasteiger charge is 2.11. The van der Waals surface area contributed by atoms with Gasteiger partial charge in [0.15, 0.2) is 11.6 Å². The molecule has 0 bridgehead atoms. The lowest BCUT2D eigenvalue weighted by molar-refractivity contribution is 0.415. The summed E-state index contributed by atoms with van der Waals surface area (Å²) in [6.07, 6.45) is 1.27. The predicted molar refractivity (Wildman–Crippen MR) is 70.4 cm³/mol. The Morgan fingerprint density at radius 1 is 1.39 bits per heavy atom. The Morgan fingerprint density at radius 2 is 2.17 bits per heavy atom. The van der Waals surface area contributed by atoms with Gasteiger partial charge < -0.3 is 15.8 Å². The molecule has 5 nitrogen and oxygen atoms in total. The second-order valence-corrected chi connectivity index (χ2v) is 4.31. The first-order valence-electron chi connectivity index (χ1n) is 4.98. The fourth-order valence-electron chi connectivity index (χ4n) is 1.40. The van der Waals surface area contributed by atoms with Crippen molar-refractivity contribution in [3.05, 3.63) is 34.8 Å². The summed E-state index contributed by atoms with van der Waals surface area (Å²) in [4.78, 5) is 7.76. The number of nitrogen functional groups attached to an aromatic ring is 1. The lowest BCUT2D eigenvalue weighted by Gasteiger charge is -2.11. The fraction of sp³-hybridized carbons (Fsp3) is 0.0909. The summed E-state index contributed by atoms with van der Waals surface area (Å²) >= 11 is 3.26. The van der Waals surface area contributed by atoms with E-state index in [1.165, 1.54) is 19.5 Å². The number of hydrogen-bond donors (Lipinski definition) is 2. The summed E-state index contributed by atoms with van der Waals surface area (Å²) in [6, 6.07) is 4.53. The van der Waals surface area contributed by atoms with Crippen LogP contribution in [0.2, 0.25) is 0 Å². The van der Waals surface area contributed by atoms with Crippen molar-refractivity contribution in [3.63, 3.8) is 0 Å². The highest BCUT2D eigenvalue weighted by atomic mass is 79.9. The lowest BCUT2D eigenvalue weighted by Crippen LogP contribution is -2.03. The molecule has 2 aromatic rings. The van der Waals surface area contributed by atoms with E-state index in [2.05, 4.69) is 31.2 Å². The van der Waals surface area contributed by atoms with Crippen LogP contribution in [0.5, 0.6) is 5.75 Å². The summed E-state index contributed by atoms with van der Waals surface area (Å²) in [5, 5.41) is 2.81. The minimum absolute atomic E-state index is 0.186. The average Bonchev–Trinajstić information content (AvgIpc) is 2.34. The van der Waals surface area contributed by atoms with Crippen LogP contribution in [0.25, 0.3) is 0 Å².